The van der Waals surface area contributed by atoms with Crippen molar-refractivity contribution >= 4 is 0 Å². The van der Waals surface area contributed by atoms with Gasteiger partial charge in [0, 0.05) is 51.7 Å². The molecule has 1 aromatic carbocycles. The van der Waals surface area contributed by atoms with Gasteiger partial charge in [-0.25, -0.2) is 4.68 Å². The Morgan fingerprint density at radius 2 is 1.86 bits per heavy atom. The molecular formula is C16H22N6. The lowest BCUT2D eigenvalue weighted by molar-refractivity contribution is 0.123. The molecule has 0 N–H and O–H groups in total. The number of fused-ring (bicyclic) bond motifs is 2. The third-order valence-corrected chi connectivity index (χ3v) is 5.03. The van der Waals surface area contributed by atoms with Gasteiger partial charge in [0.1, 0.15) is 0 Å². The van der Waals surface area contributed by atoms with Crippen LogP contribution in [0.4, 0.5) is 0 Å². The average Bonchev–Trinajstić information content (AvgIpc) is 3.22. The molecule has 2 aliphatic rings. The van der Waals surface area contributed by atoms with E-state index >= 15 is 0 Å². The molecule has 0 radical (unpaired) electrons. The van der Waals surface area contributed by atoms with Gasteiger partial charge in [0.15, 0.2) is 5.82 Å². The minimum Gasteiger partial charge on any atom is -0.297 e. The Bertz CT molecular complexity index is 625. The Kier molecular flexibility index (Phi) is 3.63. The zero-order valence-electron chi connectivity index (χ0n) is 13.0. The number of benzene rings is 1. The van der Waals surface area contributed by atoms with Crippen molar-refractivity contribution in [2.24, 2.45) is 7.05 Å². The summed E-state index contributed by atoms with van der Waals surface area (Å²) in [5.41, 5.74) is 1.42. The fourth-order valence-corrected chi connectivity index (χ4v) is 3.82. The van der Waals surface area contributed by atoms with Gasteiger partial charge in [0.05, 0.1) is 0 Å². The Morgan fingerprint density at radius 3 is 2.55 bits per heavy atom. The lowest BCUT2D eigenvalue weighted by atomic mass is 10.2. The van der Waals surface area contributed by atoms with E-state index in [4.69, 9.17) is 0 Å². The topological polar surface area (TPSA) is 50.1 Å². The first-order valence-electron chi connectivity index (χ1n) is 8.03. The highest BCUT2D eigenvalue weighted by atomic mass is 15.5. The maximum absolute atomic E-state index is 4.07. The van der Waals surface area contributed by atoms with E-state index in [1.54, 1.807) is 4.68 Å². The second-order valence-corrected chi connectivity index (χ2v) is 6.42. The van der Waals surface area contributed by atoms with E-state index in [1.807, 2.05) is 7.05 Å². The number of aryl methyl sites for hydroxylation is 1. The van der Waals surface area contributed by atoms with Crippen LogP contribution in [-0.2, 0) is 20.0 Å². The molecule has 2 saturated heterocycles. The summed E-state index contributed by atoms with van der Waals surface area (Å²) >= 11 is 0. The molecule has 2 atom stereocenters. The Hall–Kier alpha value is -1.79. The van der Waals surface area contributed by atoms with Crippen molar-refractivity contribution < 1.29 is 0 Å². The monoisotopic (exact) mass is 298 g/mol. The predicted molar refractivity (Wildman–Crippen MR) is 83.1 cm³/mol. The smallest absolute Gasteiger partial charge is 0.152 e. The van der Waals surface area contributed by atoms with E-state index in [9.17, 15) is 0 Å². The molecule has 4 rings (SSSR count). The van der Waals surface area contributed by atoms with Crippen LogP contribution in [0.25, 0.3) is 0 Å². The largest absolute Gasteiger partial charge is 0.297 e. The predicted octanol–water partition coefficient (Wildman–Crippen LogP) is 0.711. The summed E-state index contributed by atoms with van der Waals surface area (Å²) in [6, 6.07) is 12.2. The van der Waals surface area contributed by atoms with Crippen molar-refractivity contribution in [3.8, 4) is 0 Å². The molecule has 0 saturated carbocycles. The summed E-state index contributed by atoms with van der Waals surface area (Å²) in [5.74, 6) is 0.976. The standard InChI is InChI=1S/C16H22N6/c1-20-16(17-18-19-20)7-8-21-11-15-9-14(21)12-22(15)10-13-5-3-2-4-6-13/h2-6,14-15H,7-12H2,1H3/t14-,15-/m0/s1. The summed E-state index contributed by atoms with van der Waals surface area (Å²) in [6.45, 7) is 4.52. The average molecular weight is 298 g/mol. The van der Waals surface area contributed by atoms with Crippen LogP contribution in [-0.4, -0.2) is 61.7 Å². The quantitative estimate of drug-likeness (QED) is 0.814. The lowest BCUT2D eigenvalue weighted by Crippen LogP contribution is -2.46. The third-order valence-electron chi connectivity index (χ3n) is 5.03. The summed E-state index contributed by atoms with van der Waals surface area (Å²) in [5, 5.41) is 11.7. The number of tetrazole rings is 1. The SMILES string of the molecule is Cn1nnnc1CCN1C[C@@H]2C[C@H]1CN2Cc1ccccc1. The van der Waals surface area contributed by atoms with Gasteiger partial charge in [-0.1, -0.05) is 30.3 Å². The minimum atomic E-state index is 0.704. The highest BCUT2D eigenvalue weighted by Crippen LogP contribution is 2.31. The number of likely N-dealkylation sites (tertiary alicyclic amines) is 2. The Balaban J connectivity index is 1.31. The highest BCUT2D eigenvalue weighted by Gasteiger charge is 2.42. The van der Waals surface area contributed by atoms with Crippen molar-refractivity contribution in [1.29, 1.82) is 0 Å². The number of hydrogen-bond donors (Lipinski definition) is 0. The number of aromatic nitrogens is 4. The molecular weight excluding hydrogens is 276 g/mol. The van der Waals surface area contributed by atoms with Crippen LogP contribution >= 0.6 is 0 Å². The molecule has 2 aromatic rings. The molecule has 22 heavy (non-hydrogen) atoms. The van der Waals surface area contributed by atoms with E-state index in [2.05, 4.69) is 55.7 Å². The second kappa shape index (κ2) is 5.78. The molecule has 1 aromatic heterocycles. The van der Waals surface area contributed by atoms with Crippen molar-refractivity contribution in [2.45, 2.75) is 31.5 Å². The van der Waals surface area contributed by atoms with Crippen LogP contribution < -0.4 is 0 Å². The molecule has 2 fully saturated rings. The molecule has 0 aliphatic carbocycles. The van der Waals surface area contributed by atoms with Crippen LogP contribution in [0, 0.1) is 0 Å². The normalized spacial score (nSPS) is 25.1. The molecule has 6 heteroatoms. The van der Waals surface area contributed by atoms with Crippen LogP contribution in [0.15, 0.2) is 30.3 Å². The van der Waals surface area contributed by atoms with Crippen molar-refractivity contribution in [2.75, 3.05) is 19.6 Å². The van der Waals surface area contributed by atoms with Gasteiger partial charge in [-0.15, -0.1) is 5.10 Å². The summed E-state index contributed by atoms with van der Waals surface area (Å²) in [6.07, 6.45) is 2.25. The third kappa shape index (κ3) is 2.64. The second-order valence-electron chi connectivity index (χ2n) is 6.42. The van der Waals surface area contributed by atoms with Gasteiger partial charge in [-0.2, -0.15) is 0 Å². The van der Waals surface area contributed by atoms with Crippen LogP contribution in [0.3, 0.4) is 0 Å². The maximum atomic E-state index is 4.07. The Morgan fingerprint density at radius 1 is 1.09 bits per heavy atom. The fraction of sp³-hybridized carbons (Fsp3) is 0.562. The summed E-state index contributed by atoms with van der Waals surface area (Å²) in [7, 11) is 1.91. The number of piperazine rings is 1. The van der Waals surface area contributed by atoms with Gasteiger partial charge in [-0.3, -0.25) is 9.80 Å². The van der Waals surface area contributed by atoms with Gasteiger partial charge >= 0.3 is 0 Å². The molecule has 6 nitrogen and oxygen atoms in total. The fourth-order valence-electron chi connectivity index (χ4n) is 3.82. The van der Waals surface area contributed by atoms with E-state index in [1.165, 1.54) is 25.1 Å². The number of hydrogen-bond acceptors (Lipinski definition) is 5. The number of rotatable bonds is 5. The molecule has 2 bridgehead atoms. The minimum absolute atomic E-state index is 0.704. The first-order chi connectivity index (χ1) is 10.8. The lowest BCUT2D eigenvalue weighted by Gasteiger charge is -2.34. The highest BCUT2D eigenvalue weighted by molar-refractivity contribution is 5.15. The maximum Gasteiger partial charge on any atom is 0.152 e. The van der Waals surface area contributed by atoms with Gasteiger partial charge < -0.3 is 0 Å². The van der Waals surface area contributed by atoms with E-state index in [0.29, 0.717) is 12.1 Å². The molecule has 0 amide bonds. The molecule has 116 valence electrons. The van der Waals surface area contributed by atoms with Crippen LogP contribution in [0.1, 0.15) is 17.8 Å². The zero-order valence-corrected chi connectivity index (χ0v) is 13.0. The van der Waals surface area contributed by atoms with Crippen LogP contribution in [0.5, 0.6) is 0 Å². The first-order valence-corrected chi connectivity index (χ1v) is 8.03. The molecule has 0 unspecified atom stereocenters. The first kappa shape index (κ1) is 13.8. The van der Waals surface area contributed by atoms with Gasteiger partial charge in [0.2, 0.25) is 0 Å². The summed E-state index contributed by atoms with van der Waals surface area (Å²) < 4.78 is 1.77. The van der Waals surface area contributed by atoms with Crippen LogP contribution in [0.2, 0.25) is 0 Å². The summed E-state index contributed by atoms with van der Waals surface area (Å²) in [4.78, 5) is 5.25. The van der Waals surface area contributed by atoms with Gasteiger partial charge in [-0.05, 0) is 22.4 Å². The Labute approximate surface area is 130 Å². The zero-order chi connectivity index (χ0) is 14.9. The van der Waals surface area contributed by atoms with E-state index < -0.39 is 0 Å². The van der Waals surface area contributed by atoms with Gasteiger partial charge in [0.25, 0.3) is 0 Å². The van der Waals surface area contributed by atoms with E-state index in [0.717, 1.165) is 25.3 Å². The number of nitrogens with zero attached hydrogens (tertiary/aromatic N) is 6. The van der Waals surface area contributed by atoms with E-state index in [-0.39, 0.29) is 0 Å². The molecule has 0 spiro atoms. The van der Waals surface area contributed by atoms with Crippen molar-refractivity contribution in [3.63, 3.8) is 0 Å². The molecule has 2 aliphatic heterocycles. The van der Waals surface area contributed by atoms with Crippen molar-refractivity contribution in [1.82, 2.24) is 30.0 Å². The van der Waals surface area contributed by atoms with Crippen molar-refractivity contribution in [3.05, 3.63) is 41.7 Å². The molecule has 3 heterocycles.